The van der Waals surface area contributed by atoms with Gasteiger partial charge in [-0.25, -0.2) is 4.90 Å². The van der Waals surface area contributed by atoms with Gasteiger partial charge in [-0.2, -0.15) is 0 Å². The number of benzene rings is 2. The second-order valence-electron chi connectivity index (χ2n) is 7.38. The SMILES string of the molecule is O=C1[C@H]2[C@H]3C=C[C@@](C4OCCO4)(O3)[C@H]2C(=O)N1c1cccc2ccccc12. The fraction of sp³-hybridized carbons (Fsp3) is 0.333. The van der Waals surface area contributed by atoms with Crippen LogP contribution >= 0.6 is 0 Å². The van der Waals surface area contributed by atoms with Gasteiger partial charge in [-0.05, 0) is 17.5 Å². The summed E-state index contributed by atoms with van der Waals surface area (Å²) in [5.74, 6) is -1.61. The lowest BCUT2D eigenvalue weighted by atomic mass is 9.76. The maximum atomic E-state index is 13.5. The Balaban J connectivity index is 1.48. The van der Waals surface area contributed by atoms with Gasteiger partial charge in [0.15, 0.2) is 11.9 Å². The van der Waals surface area contributed by atoms with Crippen LogP contribution < -0.4 is 4.90 Å². The summed E-state index contributed by atoms with van der Waals surface area (Å²) in [6, 6.07) is 13.4. The van der Waals surface area contributed by atoms with Gasteiger partial charge in [0, 0.05) is 5.39 Å². The molecule has 6 heteroatoms. The van der Waals surface area contributed by atoms with E-state index in [9.17, 15) is 9.59 Å². The molecule has 2 amide bonds. The number of carbonyl (C=O) groups is 2. The van der Waals surface area contributed by atoms with Crippen molar-refractivity contribution in [2.24, 2.45) is 11.8 Å². The number of fused-ring (bicyclic) bond motifs is 6. The zero-order valence-corrected chi connectivity index (χ0v) is 14.4. The molecule has 2 bridgehead atoms. The molecule has 0 radical (unpaired) electrons. The van der Waals surface area contributed by atoms with Crippen LogP contribution in [-0.2, 0) is 23.8 Å². The van der Waals surface area contributed by atoms with Crippen LogP contribution in [-0.4, -0.2) is 43.0 Å². The quantitative estimate of drug-likeness (QED) is 0.603. The van der Waals surface area contributed by atoms with Crippen LogP contribution in [0.15, 0.2) is 54.6 Å². The number of amides is 2. The highest BCUT2D eigenvalue weighted by Gasteiger charge is 2.71. The number of rotatable bonds is 2. The molecule has 0 aliphatic carbocycles. The molecule has 6 nitrogen and oxygen atoms in total. The van der Waals surface area contributed by atoms with Gasteiger partial charge in [0.05, 0.1) is 36.8 Å². The molecule has 0 spiro atoms. The van der Waals surface area contributed by atoms with Crippen molar-refractivity contribution in [3.05, 3.63) is 54.6 Å². The number of nitrogens with zero attached hydrogens (tertiary/aromatic N) is 1. The number of hydrogen-bond acceptors (Lipinski definition) is 5. The van der Waals surface area contributed by atoms with Crippen LogP contribution in [0.3, 0.4) is 0 Å². The number of ether oxygens (including phenoxy) is 3. The minimum Gasteiger partial charge on any atom is -0.357 e. The number of anilines is 1. The lowest BCUT2D eigenvalue weighted by molar-refractivity contribution is -0.180. The average molecular weight is 363 g/mol. The molecule has 4 heterocycles. The highest BCUT2D eigenvalue weighted by Crippen LogP contribution is 2.55. The second-order valence-corrected chi connectivity index (χ2v) is 7.38. The van der Waals surface area contributed by atoms with Gasteiger partial charge in [-0.15, -0.1) is 0 Å². The third-order valence-electron chi connectivity index (χ3n) is 6.08. The van der Waals surface area contributed by atoms with Crippen molar-refractivity contribution in [3.63, 3.8) is 0 Å². The van der Waals surface area contributed by atoms with E-state index in [2.05, 4.69) is 0 Å². The molecule has 0 saturated carbocycles. The Hall–Kier alpha value is -2.54. The Labute approximate surface area is 155 Å². The van der Waals surface area contributed by atoms with Crippen LogP contribution in [0, 0.1) is 11.8 Å². The van der Waals surface area contributed by atoms with Crippen LogP contribution in [0.1, 0.15) is 0 Å². The highest BCUT2D eigenvalue weighted by atomic mass is 16.7. The summed E-state index contributed by atoms with van der Waals surface area (Å²) >= 11 is 0. The molecule has 27 heavy (non-hydrogen) atoms. The Kier molecular flexibility index (Phi) is 3.02. The molecule has 136 valence electrons. The van der Waals surface area contributed by atoms with E-state index < -0.39 is 29.8 Å². The van der Waals surface area contributed by atoms with Crippen molar-refractivity contribution >= 4 is 28.3 Å². The average Bonchev–Trinajstić information content (AvgIpc) is 3.45. The topological polar surface area (TPSA) is 65.1 Å². The summed E-state index contributed by atoms with van der Waals surface area (Å²) in [6.07, 6.45) is 2.65. The molecule has 4 aliphatic heterocycles. The first-order chi connectivity index (χ1) is 13.2. The molecule has 4 atom stereocenters. The first-order valence-electron chi connectivity index (χ1n) is 9.17. The molecule has 2 aromatic rings. The van der Waals surface area contributed by atoms with Gasteiger partial charge in [-0.1, -0.05) is 42.5 Å². The summed E-state index contributed by atoms with van der Waals surface area (Å²) in [7, 11) is 0. The Morgan fingerprint density at radius 2 is 1.74 bits per heavy atom. The standard InChI is InChI=1S/C21H17NO5/c23-18-16-15-8-9-21(27-15,20-25-10-11-26-20)17(16)19(24)22(18)14-7-3-5-12-4-1-2-6-13(12)14/h1-9,15-17,20H,10-11H2/t15-,16+,17-,21-/m1/s1. The minimum absolute atomic E-state index is 0.212. The molecule has 0 aromatic heterocycles. The first-order valence-corrected chi connectivity index (χ1v) is 9.17. The molecule has 0 unspecified atom stereocenters. The fourth-order valence-corrected chi connectivity index (χ4v) is 4.97. The van der Waals surface area contributed by atoms with Crippen molar-refractivity contribution in [3.8, 4) is 0 Å². The van der Waals surface area contributed by atoms with Crippen LogP contribution in [0.4, 0.5) is 5.69 Å². The van der Waals surface area contributed by atoms with E-state index >= 15 is 0 Å². The highest BCUT2D eigenvalue weighted by molar-refractivity contribution is 6.26. The van der Waals surface area contributed by atoms with Crippen molar-refractivity contribution < 1.29 is 23.8 Å². The largest absolute Gasteiger partial charge is 0.357 e. The van der Waals surface area contributed by atoms with E-state index in [-0.39, 0.29) is 11.8 Å². The summed E-state index contributed by atoms with van der Waals surface area (Å²) in [5, 5.41) is 1.87. The molecule has 0 N–H and O–H groups in total. The first kappa shape index (κ1) is 15.5. The smallest absolute Gasteiger partial charge is 0.241 e. The van der Waals surface area contributed by atoms with E-state index in [0.29, 0.717) is 18.9 Å². The van der Waals surface area contributed by atoms with Gasteiger partial charge >= 0.3 is 0 Å². The number of carbonyl (C=O) groups excluding carboxylic acids is 2. The zero-order valence-electron chi connectivity index (χ0n) is 14.4. The molecule has 2 aromatic carbocycles. The van der Waals surface area contributed by atoms with Gasteiger partial charge < -0.3 is 14.2 Å². The maximum Gasteiger partial charge on any atom is 0.241 e. The molecular formula is C21H17NO5. The molecule has 3 saturated heterocycles. The molecular weight excluding hydrogens is 346 g/mol. The summed E-state index contributed by atoms with van der Waals surface area (Å²) in [4.78, 5) is 28.1. The van der Waals surface area contributed by atoms with Gasteiger partial charge in [-0.3, -0.25) is 9.59 Å². The van der Waals surface area contributed by atoms with Crippen molar-refractivity contribution in [2.45, 2.75) is 18.0 Å². The monoisotopic (exact) mass is 363 g/mol. The van der Waals surface area contributed by atoms with Crippen molar-refractivity contribution in [1.29, 1.82) is 0 Å². The van der Waals surface area contributed by atoms with Gasteiger partial charge in [0.2, 0.25) is 11.8 Å². The van der Waals surface area contributed by atoms with Crippen LogP contribution in [0.25, 0.3) is 10.8 Å². The van der Waals surface area contributed by atoms with Crippen molar-refractivity contribution in [2.75, 3.05) is 18.1 Å². The molecule has 6 rings (SSSR count). The summed E-state index contributed by atoms with van der Waals surface area (Å²) in [5.41, 5.74) is -0.391. The Bertz CT molecular complexity index is 1010. The normalized spacial score (nSPS) is 35.0. The lowest BCUT2D eigenvalue weighted by Crippen LogP contribution is -2.49. The lowest BCUT2D eigenvalue weighted by Gasteiger charge is -2.32. The van der Waals surface area contributed by atoms with E-state index in [1.165, 1.54) is 4.90 Å². The predicted octanol–water partition coefficient (Wildman–Crippen LogP) is 2.03. The molecule has 3 fully saturated rings. The third-order valence-corrected chi connectivity index (χ3v) is 6.08. The Morgan fingerprint density at radius 1 is 0.963 bits per heavy atom. The van der Waals surface area contributed by atoms with Crippen molar-refractivity contribution in [1.82, 2.24) is 0 Å². The number of hydrogen-bond donors (Lipinski definition) is 0. The maximum absolute atomic E-state index is 13.5. The van der Waals surface area contributed by atoms with E-state index in [4.69, 9.17) is 14.2 Å². The van der Waals surface area contributed by atoms with Crippen LogP contribution in [0.2, 0.25) is 0 Å². The summed E-state index contributed by atoms with van der Waals surface area (Å²) < 4.78 is 17.5. The van der Waals surface area contributed by atoms with E-state index in [1.54, 1.807) is 0 Å². The third kappa shape index (κ3) is 1.85. The zero-order chi connectivity index (χ0) is 18.2. The minimum atomic E-state index is -1.02. The summed E-state index contributed by atoms with van der Waals surface area (Å²) in [6.45, 7) is 0.918. The fourth-order valence-electron chi connectivity index (χ4n) is 4.97. The number of imide groups is 1. The second kappa shape index (κ2) is 5.25. The van der Waals surface area contributed by atoms with Gasteiger partial charge in [0.1, 0.15) is 0 Å². The van der Waals surface area contributed by atoms with Gasteiger partial charge in [0.25, 0.3) is 0 Å². The Morgan fingerprint density at radius 3 is 2.59 bits per heavy atom. The predicted molar refractivity (Wildman–Crippen MR) is 95.9 cm³/mol. The van der Waals surface area contributed by atoms with E-state index in [0.717, 1.165) is 10.8 Å². The van der Waals surface area contributed by atoms with Crippen LogP contribution in [0.5, 0.6) is 0 Å². The van der Waals surface area contributed by atoms with E-state index in [1.807, 2.05) is 54.6 Å². The molecule has 4 aliphatic rings.